The number of aryl methyl sites for hydroxylation is 2. The maximum atomic E-state index is 11.6. The molecule has 0 unspecified atom stereocenters. The minimum absolute atomic E-state index is 0.106. The number of carboxylic acid groups (broad SMARTS) is 1. The van der Waals surface area contributed by atoms with E-state index in [1.807, 2.05) is 32.9 Å². The first kappa shape index (κ1) is 14.9. The van der Waals surface area contributed by atoms with Crippen LogP contribution in [-0.4, -0.2) is 30.9 Å². The zero-order valence-electron chi connectivity index (χ0n) is 12.5. The maximum absolute atomic E-state index is 11.6. The van der Waals surface area contributed by atoms with Crippen molar-refractivity contribution in [1.29, 1.82) is 0 Å². The second-order valence-electron chi connectivity index (χ2n) is 5.70. The molecule has 1 fully saturated rings. The summed E-state index contributed by atoms with van der Waals surface area (Å²) in [5, 5.41) is 9.50. The van der Waals surface area contributed by atoms with Crippen molar-refractivity contribution >= 4 is 5.97 Å². The van der Waals surface area contributed by atoms with E-state index in [1.165, 1.54) is 0 Å². The van der Waals surface area contributed by atoms with Crippen molar-refractivity contribution in [2.24, 2.45) is 0 Å². The van der Waals surface area contributed by atoms with Gasteiger partial charge >= 0.3 is 5.97 Å². The van der Waals surface area contributed by atoms with Gasteiger partial charge in [-0.25, -0.2) is 0 Å². The molecule has 1 atom stereocenters. The van der Waals surface area contributed by atoms with Crippen molar-refractivity contribution in [2.45, 2.75) is 45.1 Å². The molecule has 1 N–H and O–H groups in total. The molecule has 1 aliphatic rings. The Kier molecular flexibility index (Phi) is 4.04. The van der Waals surface area contributed by atoms with Crippen LogP contribution in [0.2, 0.25) is 0 Å². The highest BCUT2D eigenvalue weighted by atomic mass is 16.5. The van der Waals surface area contributed by atoms with Gasteiger partial charge in [-0.1, -0.05) is 6.07 Å². The van der Waals surface area contributed by atoms with Gasteiger partial charge in [0.1, 0.15) is 11.9 Å². The topological polar surface area (TPSA) is 55.8 Å². The van der Waals surface area contributed by atoms with Crippen LogP contribution in [0.1, 0.15) is 36.5 Å². The number of carboxylic acids is 1. The molecule has 0 saturated heterocycles. The van der Waals surface area contributed by atoms with Gasteiger partial charge in [0.05, 0.1) is 12.0 Å². The Labute approximate surface area is 119 Å². The number of hydrogen-bond donors (Lipinski definition) is 1. The second kappa shape index (κ2) is 5.44. The summed E-state index contributed by atoms with van der Waals surface area (Å²) in [6.45, 7) is 6.40. The quantitative estimate of drug-likeness (QED) is 0.869. The first-order chi connectivity index (χ1) is 9.40. The fourth-order valence-electron chi connectivity index (χ4n) is 2.47. The average Bonchev–Trinajstić information content (AvgIpc) is 3.15. The van der Waals surface area contributed by atoms with Gasteiger partial charge in [-0.3, -0.25) is 4.79 Å². The van der Waals surface area contributed by atoms with Crippen molar-refractivity contribution in [2.75, 3.05) is 13.7 Å². The maximum Gasteiger partial charge on any atom is 0.314 e. The molecule has 0 amide bonds. The Morgan fingerprint density at radius 3 is 2.45 bits per heavy atom. The third kappa shape index (κ3) is 2.66. The summed E-state index contributed by atoms with van der Waals surface area (Å²) in [6, 6.07) is 3.91. The normalized spacial score (nSPS) is 17.6. The third-order valence-electron chi connectivity index (χ3n) is 4.00. The predicted molar refractivity (Wildman–Crippen MR) is 76.4 cm³/mol. The molecule has 0 aliphatic heterocycles. The van der Waals surface area contributed by atoms with Gasteiger partial charge in [0.2, 0.25) is 0 Å². The van der Waals surface area contributed by atoms with Crippen LogP contribution >= 0.6 is 0 Å². The lowest BCUT2D eigenvalue weighted by atomic mass is 9.92. The summed E-state index contributed by atoms with van der Waals surface area (Å²) in [6.07, 6.45) is 1.25. The van der Waals surface area contributed by atoms with Crippen molar-refractivity contribution in [3.63, 3.8) is 0 Å². The fourth-order valence-corrected chi connectivity index (χ4v) is 2.47. The molecule has 20 heavy (non-hydrogen) atoms. The molecule has 0 bridgehead atoms. The van der Waals surface area contributed by atoms with E-state index in [4.69, 9.17) is 9.47 Å². The lowest BCUT2D eigenvalue weighted by Gasteiger charge is -2.21. The van der Waals surface area contributed by atoms with Crippen molar-refractivity contribution in [1.82, 2.24) is 0 Å². The Morgan fingerprint density at radius 1 is 1.35 bits per heavy atom. The van der Waals surface area contributed by atoms with Crippen LogP contribution in [-0.2, 0) is 14.9 Å². The Balaban J connectivity index is 2.39. The van der Waals surface area contributed by atoms with E-state index in [0.717, 1.165) is 16.7 Å². The van der Waals surface area contributed by atoms with Gasteiger partial charge in [-0.15, -0.1) is 0 Å². The number of carbonyl (C=O) groups is 1. The minimum atomic E-state index is -0.759. The van der Waals surface area contributed by atoms with Crippen LogP contribution < -0.4 is 4.74 Å². The minimum Gasteiger partial charge on any atom is -0.488 e. The molecule has 2 rings (SSSR count). The first-order valence-electron chi connectivity index (χ1n) is 6.91. The molecule has 4 heteroatoms. The van der Waals surface area contributed by atoms with E-state index in [-0.39, 0.29) is 6.10 Å². The highest BCUT2D eigenvalue weighted by molar-refractivity contribution is 5.86. The molecule has 0 aromatic heterocycles. The molecule has 4 nitrogen and oxygen atoms in total. The van der Waals surface area contributed by atoms with E-state index < -0.39 is 11.4 Å². The van der Waals surface area contributed by atoms with E-state index in [2.05, 4.69) is 0 Å². The van der Waals surface area contributed by atoms with Crippen molar-refractivity contribution in [3.8, 4) is 5.75 Å². The number of aliphatic carboxylic acids is 1. The van der Waals surface area contributed by atoms with E-state index in [9.17, 15) is 9.90 Å². The monoisotopic (exact) mass is 278 g/mol. The van der Waals surface area contributed by atoms with Crippen LogP contribution in [0.25, 0.3) is 0 Å². The van der Waals surface area contributed by atoms with Crippen LogP contribution in [0.15, 0.2) is 12.1 Å². The molecule has 1 saturated carbocycles. The summed E-state index contributed by atoms with van der Waals surface area (Å²) in [4.78, 5) is 11.6. The van der Waals surface area contributed by atoms with E-state index in [1.54, 1.807) is 7.11 Å². The number of methoxy groups -OCH3 is 1. The summed E-state index contributed by atoms with van der Waals surface area (Å²) in [7, 11) is 1.63. The standard InChI is InChI=1S/C16H22O4/c1-10-7-13(16(5-6-16)15(17)18)14(8-11(10)2)20-12(3)9-19-4/h7-8,12H,5-6,9H2,1-4H3,(H,17,18)/t12-/m0/s1. The molecule has 0 spiro atoms. The van der Waals surface area contributed by atoms with Crippen molar-refractivity contribution < 1.29 is 19.4 Å². The lowest BCUT2D eigenvalue weighted by Crippen LogP contribution is -2.24. The first-order valence-corrected chi connectivity index (χ1v) is 6.91. The molecule has 0 heterocycles. The summed E-state index contributed by atoms with van der Waals surface area (Å²) in [5.41, 5.74) is 2.26. The van der Waals surface area contributed by atoms with E-state index >= 15 is 0 Å². The van der Waals surface area contributed by atoms with Crippen LogP contribution in [0, 0.1) is 13.8 Å². The Morgan fingerprint density at radius 2 is 1.95 bits per heavy atom. The van der Waals surface area contributed by atoms with Gasteiger partial charge in [-0.2, -0.15) is 0 Å². The summed E-state index contributed by atoms with van der Waals surface area (Å²) in [5.74, 6) is -0.0810. The SMILES string of the molecule is COC[C@H](C)Oc1cc(C)c(C)cc1C1(C(=O)O)CC1. The van der Waals surface area contributed by atoms with E-state index in [0.29, 0.717) is 25.2 Å². The Hall–Kier alpha value is -1.55. The number of hydrogen-bond acceptors (Lipinski definition) is 3. The molecule has 110 valence electrons. The van der Waals surface area contributed by atoms with Gasteiger partial charge in [0.15, 0.2) is 0 Å². The molecular weight excluding hydrogens is 256 g/mol. The summed E-state index contributed by atoms with van der Waals surface area (Å²) >= 11 is 0. The zero-order chi connectivity index (χ0) is 14.9. The fraction of sp³-hybridized carbons (Fsp3) is 0.562. The van der Waals surface area contributed by atoms with Gasteiger partial charge in [0.25, 0.3) is 0 Å². The van der Waals surface area contributed by atoms with Crippen LogP contribution in [0.5, 0.6) is 5.75 Å². The van der Waals surface area contributed by atoms with Crippen LogP contribution in [0.3, 0.4) is 0 Å². The Bertz CT molecular complexity index is 517. The largest absolute Gasteiger partial charge is 0.488 e. The molecule has 1 aliphatic carbocycles. The number of ether oxygens (including phenoxy) is 2. The molecular formula is C16H22O4. The summed E-state index contributed by atoms with van der Waals surface area (Å²) < 4.78 is 11.0. The second-order valence-corrected chi connectivity index (χ2v) is 5.70. The van der Waals surface area contributed by atoms with Crippen molar-refractivity contribution in [3.05, 3.63) is 28.8 Å². The predicted octanol–water partition coefficient (Wildman–Crippen LogP) is 2.83. The molecule has 0 radical (unpaired) electrons. The van der Waals surface area contributed by atoms with Crippen LogP contribution in [0.4, 0.5) is 0 Å². The lowest BCUT2D eigenvalue weighted by molar-refractivity contribution is -0.140. The van der Waals surface area contributed by atoms with Gasteiger partial charge < -0.3 is 14.6 Å². The number of rotatable bonds is 6. The molecule has 1 aromatic rings. The average molecular weight is 278 g/mol. The zero-order valence-corrected chi connectivity index (χ0v) is 12.5. The highest BCUT2D eigenvalue weighted by Gasteiger charge is 2.53. The highest BCUT2D eigenvalue weighted by Crippen LogP contribution is 2.52. The molecule has 1 aromatic carbocycles. The van der Waals surface area contributed by atoms with Gasteiger partial charge in [-0.05, 0) is 50.8 Å². The number of benzene rings is 1. The third-order valence-corrected chi connectivity index (χ3v) is 4.00. The van der Waals surface area contributed by atoms with Gasteiger partial charge in [0, 0.05) is 12.7 Å². The smallest absolute Gasteiger partial charge is 0.314 e.